The molecule has 4 N–H and O–H groups in total. The monoisotopic (exact) mass is 422 g/mol. The number of hydrazine groups is 1. The second-order valence-electron chi connectivity index (χ2n) is 6.53. The maximum absolute atomic E-state index is 12.2. The number of nitrogens with one attached hydrogen (secondary N) is 4. The Bertz CT molecular complexity index is 760. The lowest BCUT2D eigenvalue weighted by atomic mass is 10.3. The molecule has 152 valence electrons. The zero-order valence-electron chi connectivity index (χ0n) is 15.9. The zero-order chi connectivity index (χ0) is 19.8. The fraction of sp³-hybridized carbons (Fsp3) is 0.500. The molecule has 2 heterocycles. The van der Waals surface area contributed by atoms with E-state index in [1.54, 1.807) is 6.92 Å². The highest BCUT2D eigenvalue weighted by molar-refractivity contribution is 7.80. The lowest BCUT2D eigenvalue weighted by Crippen LogP contribution is -2.51. The second-order valence-corrected chi connectivity index (χ2v) is 7.97. The molecule has 0 unspecified atom stereocenters. The van der Waals surface area contributed by atoms with Gasteiger partial charge in [-0.05, 0) is 44.2 Å². The zero-order valence-corrected chi connectivity index (χ0v) is 17.5. The molecule has 0 bridgehead atoms. The molecular weight excluding hydrogens is 396 g/mol. The molecule has 1 amide bonds. The highest BCUT2D eigenvalue weighted by Crippen LogP contribution is 2.25. The van der Waals surface area contributed by atoms with E-state index in [0.29, 0.717) is 10.2 Å². The number of hydrogen-bond acceptors (Lipinski definition) is 7. The van der Waals surface area contributed by atoms with E-state index >= 15 is 0 Å². The summed E-state index contributed by atoms with van der Waals surface area (Å²) in [6, 6.07) is 7.43. The number of amides is 1. The molecule has 1 aromatic heterocycles. The molecule has 0 spiro atoms. The number of nitrogens with zero attached hydrogens (tertiary/aromatic N) is 2. The Hall–Kier alpha value is -2.01. The summed E-state index contributed by atoms with van der Waals surface area (Å²) in [5, 5.41) is 7.34. The van der Waals surface area contributed by atoms with E-state index in [0.717, 1.165) is 56.0 Å². The normalized spacial score (nSPS) is 15.8. The Morgan fingerprint density at radius 3 is 2.89 bits per heavy atom. The third-order valence-electron chi connectivity index (χ3n) is 4.37. The number of ether oxygens (including phenoxy) is 1. The minimum absolute atomic E-state index is 0.211. The van der Waals surface area contributed by atoms with Gasteiger partial charge in [-0.3, -0.25) is 20.5 Å². The summed E-state index contributed by atoms with van der Waals surface area (Å²) in [6.45, 7) is 7.12. The number of fused-ring (bicyclic) bond motifs is 1. The quantitative estimate of drug-likeness (QED) is 0.302. The Morgan fingerprint density at radius 1 is 1.32 bits per heavy atom. The van der Waals surface area contributed by atoms with Gasteiger partial charge in [0.05, 0.1) is 23.4 Å². The summed E-state index contributed by atoms with van der Waals surface area (Å²) in [5.74, 6) is -0.211. The fourth-order valence-corrected chi connectivity index (χ4v) is 3.89. The third-order valence-corrected chi connectivity index (χ3v) is 5.58. The van der Waals surface area contributed by atoms with Crippen LogP contribution in [0.4, 0.5) is 5.13 Å². The standard InChI is InChI=1S/C18H26N6O2S2/c1-13(20-18-21-14-5-2-3-6-15(14)28-18)16(25)22-23-17(27)19-7-4-8-24-9-11-26-12-10-24/h2-3,5-6,13H,4,7-12H2,1H3,(H,20,21)(H,22,25)(H2,19,23,27)/t13-/m0/s1. The Balaban J connectivity index is 1.31. The molecule has 1 aliphatic rings. The number of rotatable bonds is 7. The molecular formula is C18H26N6O2S2. The van der Waals surface area contributed by atoms with Crippen molar-refractivity contribution in [1.29, 1.82) is 0 Å². The van der Waals surface area contributed by atoms with Crippen molar-refractivity contribution in [3.05, 3.63) is 24.3 Å². The van der Waals surface area contributed by atoms with Crippen LogP contribution in [0.5, 0.6) is 0 Å². The van der Waals surface area contributed by atoms with E-state index < -0.39 is 6.04 Å². The predicted molar refractivity (Wildman–Crippen MR) is 116 cm³/mol. The van der Waals surface area contributed by atoms with Crippen LogP contribution in [0.3, 0.4) is 0 Å². The minimum atomic E-state index is -0.447. The van der Waals surface area contributed by atoms with Crippen molar-refractivity contribution >= 4 is 49.9 Å². The van der Waals surface area contributed by atoms with Crippen molar-refractivity contribution in [2.45, 2.75) is 19.4 Å². The van der Waals surface area contributed by atoms with Gasteiger partial charge >= 0.3 is 0 Å². The molecule has 0 aliphatic carbocycles. The smallest absolute Gasteiger partial charge is 0.260 e. The number of carbonyl (C=O) groups is 1. The van der Waals surface area contributed by atoms with Crippen molar-refractivity contribution in [2.75, 3.05) is 44.7 Å². The summed E-state index contributed by atoms with van der Waals surface area (Å²) in [5.41, 5.74) is 6.29. The summed E-state index contributed by atoms with van der Waals surface area (Å²) >= 11 is 6.72. The molecule has 3 rings (SSSR count). The topological polar surface area (TPSA) is 90.5 Å². The van der Waals surface area contributed by atoms with Gasteiger partial charge in [-0.1, -0.05) is 23.5 Å². The third kappa shape index (κ3) is 6.26. The molecule has 28 heavy (non-hydrogen) atoms. The van der Waals surface area contributed by atoms with Crippen LogP contribution >= 0.6 is 23.6 Å². The number of carbonyl (C=O) groups excluding carboxylic acids is 1. The number of hydrogen-bond donors (Lipinski definition) is 4. The molecule has 8 nitrogen and oxygen atoms in total. The number of para-hydroxylation sites is 1. The number of anilines is 1. The number of morpholine rings is 1. The van der Waals surface area contributed by atoms with Crippen LogP contribution in [0.1, 0.15) is 13.3 Å². The van der Waals surface area contributed by atoms with Crippen molar-refractivity contribution in [3.8, 4) is 0 Å². The van der Waals surface area contributed by atoms with Crippen LogP contribution < -0.4 is 21.5 Å². The van der Waals surface area contributed by atoms with Crippen molar-refractivity contribution in [2.24, 2.45) is 0 Å². The maximum atomic E-state index is 12.2. The largest absolute Gasteiger partial charge is 0.379 e. The Morgan fingerprint density at radius 2 is 2.11 bits per heavy atom. The fourth-order valence-electron chi connectivity index (χ4n) is 2.78. The lowest BCUT2D eigenvalue weighted by molar-refractivity contribution is -0.122. The highest BCUT2D eigenvalue weighted by Gasteiger charge is 2.15. The second kappa shape index (κ2) is 10.5. The lowest BCUT2D eigenvalue weighted by Gasteiger charge is -2.26. The predicted octanol–water partition coefficient (Wildman–Crippen LogP) is 1.31. The van der Waals surface area contributed by atoms with Crippen LogP contribution in [0.2, 0.25) is 0 Å². The van der Waals surface area contributed by atoms with Crippen molar-refractivity contribution < 1.29 is 9.53 Å². The first-order chi connectivity index (χ1) is 13.6. The Labute approximate surface area is 174 Å². The number of thiazole rings is 1. The van der Waals surface area contributed by atoms with E-state index in [2.05, 4.69) is 31.4 Å². The average molecular weight is 423 g/mol. The molecule has 0 radical (unpaired) electrons. The van der Waals surface area contributed by atoms with Crippen LogP contribution in [0.25, 0.3) is 10.2 Å². The van der Waals surface area contributed by atoms with Gasteiger partial charge in [-0.25, -0.2) is 4.98 Å². The molecule has 1 atom stereocenters. The minimum Gasteiger partial charge on any atom is -0.379 e. The summed E-state index contributed by atoms with van der Waals surface area (Å²) < 4.78 is 6.42. The van der Waals surface area contributed by atoms with Crippen LogP contribution in [-0.2, 0) is 9.53 Å². The first-order valence-electron chi connectivity index (χ1n) is 9.38. The molecule has 2 aromatic rings. The van der Waals surface area contributed by atoms with Crippen LogP contribution in [-0.4, -0.2) is 66.3 Å². The SMILES string of the molecule is C[C@H](Nc1nc2ccccc2s1)C(=O)NNC(=S)NCCCN1CCOCC1. The van der Waals surface area contributed by atoms with Crippen molar-refractivity contribution in [1.82, 2.24) is 26.1 Å². The van der Waals surface area contributed by atoms with Gasteiger partial charge in [0.25, 0.3) is 5.91 Å². The molecule has 1 aromatic carbocycles. The van der Waals surface area contributed by atoms with Gasteiger partial charge in [0.15, 0.2) is 10.2 Å². The van der Waals surface area contributed by atoms with Gasteiger partial charge in [-0.2, -0.15) is 0 Å². The maximum Gasteiger partial charge on any atom is 0.260 e. The van der Waals surface area contributed by atoms with Gasteiger partial charge in [0.1, 0.15) is 6.04 Å². The first-order valence-corrected chi connectivity index (χ1v) is 10.6. The molecule has 10 heteroatoms. The highest BCUT2D eigenvalue weighted by atomic mass is 32.1. The number of thiocarbonyl (C=S) groups is 1. The van der Waals surface area contributed by atoms with Crippen LogP contribution in [0.15, 0.2) is 24.3 Å². The van der Waals surface area contributed by atoms with E-state index in [1.807, 2.05) is 24.3 Å². The van der Waals surface area contributed by atoms with Crippen LogP contribution in [0, 0.1) is 0 Å². The molecule has 1 fully saturated rings. The molecule has 1 aliphatic heterocycles. The number of benzene rings is 1. The van der Waals surface area contributed by atoms with Gasteiger partial charge in [0, 0.05) is 19.6 Å². The van der Waals surface area contributed by atoms with E-state index in [4.69, 9.17) is 17.0 Å². The van der Waals surface area contributed by atoms with E-state index in [9.17, 15) is 4.79 Å². The average Bonchev–Trinajstić information content (AvgIpc) is 3.12. The van der Waals surface area contributed by atoms with Gasteiger partial charge in [-0.15, -0.1) is 0 Å². The van der Waals surface area contributed by atoms with Gasteiger partial charge in [0.2, 0.25) is 0 Å². The Kier molecular flexibility index (Phi) is 7.78. The van der Waals surface area contributed by atoms with Gasteiger partial charge < -0.3 is 15.4 Å². The summed E-state index contributed by atoms with van der Waals surface area (Å²) in [6.07, 6.45) is 0.978. The molecule has 1 saturated heterocycles. The number of aromatic nitrogens is 1. The first kappa shape index (κ1) is 20.7. The van der Waals surface area contributed by atoms with Crippen molar-refractivity contribution in [3.63, 3.8) is 0 Å². The van der Waals surface area contributed by atoms with E-state index in [1.165, 1.54) is 11.3 Å². The molecule has 0 saturated carbocycles. The van der Waals surface area contributed by atoms with E-state index in [-0.39, 0.29) is 5.91 Å². The summed E-state index contributed by atoms with van der Waals surface area (Å²) in [4.78, 5) is 19.1. The summed E-state index contributed by atoms with van der Waals surface area (Å²) in [7, 11) is 0.